The lowest BCUT2D eigenvalue weighted by Gasteiger charge is -2.10. The molecule has 0 radical (unpaired) electrons. The number of carbonyl (C=O) groups is 1. The molecule has 0 saturated carbocycles. The molecule has 0 fully saturated rings. The standard InChI is InChI=1S/C13H21N3O/c1-4-14-9-13(17)15-12-7-5-11(6-8-12)10-16(2)3/h5-8,14H,4,9-10H2,1-3H3,(H,15,17). The predicted octanol–water partition coefficient (Wildman–Crippen LogP) is 1.30. The van der Waals surface area contributed by atoms with Crippen LogP contribution in [0.5, 0.6) is 0 Å². The van der Waals surface area contributed by atoms with Gasteiger partial charge in [0.2, 0.25) is 5.91 Å². The predicted molar refractivity (Wildman–Crippen MR) is 71.0 cm³/mol. The SMILES string of the molecule is CCNCC(=O)Nc1ccc(CN(C)C)cc1. The van der Waals surface area contributed by atoms with Gasteiger partial charge >= 0.3 is 0 Å². The van der Waals surface area contributed by atoms with Crippen LogP contribution < -0.4 is 10.6 Å². The van der Waals surface area contributed by atoms with Crippen LogP contribution in [0.25, 0.3) is 0 Å². The summed E-state index contributed by atoms with van der Waals surface area (Å²) in [6, 6.07) is 7.93. The lowest BCUT2D eigenvalue weighted by atomic mass is 10.2. The first-order valence-electron chi connectivity index (χ1n) is 5.86. The van der Waals surface area contributed by atoms with Crippen molar-refractivity contribution in [3.63, 3.8) is 0 Å². The smallest absolute Gasteiger partial charge is 0.238 e. The van der Waals surface area contributed by atoms with E-state index in [2.05, 4.69) is 15.5 Å². The van der Waals surface area contributed by atoms with Crippen LogP contribution in [0, 0.1) is 0 Å². The van der Waals surface area contributed by atoms with E-state index in [1.54, 1.807) is 0 Å². The van der Waals surface area contributed by atoms with Crippen LogP contribution in [0.15, 0.2) is 24.3 Å². The molecular formula is C13H21N3O. The van der Waals surface area contributed by atoms with Crippen molar-refractivity contribution in [2.24, 2.45) is 0 Å². The van der Waals surface area contributed by atoms with Crippen LogP contribution in [0.3, 0.4) is 0 Å². The van der Waals surface area contributed by atoms with Crippen molar-refractivity contribution in [1.29, 1.82) is 0 Å². The van der Waals surface area contributed by atoms with Gasteiger partial charge in [-0.3, -0.25) is 4.79 Å². The maximum atomic E-state index is 11.5. The zero-order valence-corrected chi connectivity index (χ0v) is 10.8. The summed E-state index contributed by atoms with van der Waals surface area (Å²) in [5, 5.41) is 5.83. The molecule has 94 valence electrons. The van der Waals surface area contributed by atoms with E-state index in [9.17, 15) is 4.79 Å². The number of anilines is 1. The molecule has 0 unspecified atom stereocenters. The van der Waals surface area contributed by atoms with Gasteiger partial charge in [0.1, 0.15) is 0 Å². The molecule has 0 aliphatic carbocycles. The van der Waals surface area contributed by atoms with Gasteiger partial charge in [-0.15, -0.1) is 0 Å². The summed E-state index contributed by atoms with van der Waals surface area (Å²) < 4.78 is 0. The Labute approximate surface area is 103 Å². The van der Waals surface area contributed by atoms with Crippen LogP contribution in [-0.4, -0.2) is 38.0 Å². The third-order valence-corrected chi connectivity index (χ3v) is 2.27. The molecule has 0 atom stereocenters. The first kappa shape index (κ1) is 13.7. The minimum absolute atomic E-state index is 0.00721. The molecule has 1 amide bonds. The summed E-state index contributed by atoms with van der Waals surface area (Å²) in [7, 11) is 4.07. The Hall–Kier alpha value is -1.39. The number of likely N-dealkylation sites (N-methyl/N-ethyl adjacent to an activating group) is 1. The first-order chi connectivity index (χ1) is 8.11. The maximum absolute atomic E-state index is 11.5. The summed E-state index contributed by atoms with van der Waals surface area (Å²) in [4.78, 5) is 13.6. The van der Waals surface area contributed by atoms with E-state index in [-0.39, 0.29) is 5.91 Å². The van der Waals surface area contributed by atoms with Gasteiger partial charge in [0.05, 0.1) is 6.54 Å². The van der Waals surface area contributed by atoms with Gasteiger partial charge in [-0.2, -0.15) is 0 Å². The zero-order valence-electron chi connectivity index (χ0n) is 10.8. The Balaban J connectivity index is 2.47. The fraction of sp³-hybridized carbons (Fsp3) is 0.462. The van der Waals surface area contributed by atoms with Crippen molar-refractivity contribution < 1.29 is 4.79 Å². The van der Waals surface area contributed by atoms with Crippen LogP contribution in [0.2, 0.25) is 0 Å². The Bertz CT molecular complexity index is 346. The van der Waals surface area contributed by atoms with Gasteiger partial charge in [-0.1, -0.05) is 19.1 Å². The lowest BCUT2D eigenvalue weighted by Crippen LogP contribution is -2.27. The van der Waals surface area contributed by atoms with Gasteiger partial charge in [0.15, 0.2) is 0 Å². The molecule has 0 aromatic heterocycles. The molecule has 17 heavy (non-hydrogen) atoms. The van der Waals surface area contributed by atoms with Crippen molar-refractivity contribution >= 4 is 11.6 Å². The second-order valence-electron chi connectivity index (χ2n) is 4.26. The Morgan fingerprint density at radius 3 is 2.41 bits per heavy atom. The third kappa shape index (κ3) is 5.47. The van der Waals surface area contributed by atoms with E-state index in [4.69, 9.17) is 0 Å². The number of rotatable bonds is 6. The summed E-state index contributed by atoms with van der Waals surface area (Å²) in [6.45, 7) is 4.04. The molecule has 1 rings (SSSR count). The molecule has 4 heteroatoms. The van der Waals surface area contributed by atoms with Gasteiger partial charge in [0, 0.05) is 12.2 Å². The molecule has 0 saturated heterocycles. The monoisotopic (exact) mass is 235 g/mol. The average molecular weight is 235 g/mol. The van der Waals surface area contributed by atoms with E-state index in [0.29, 0.717) is 6.54 Å². The molecule has 0 heterocycles. The highest BCUT2D eigenvalue weighted by molar-refractivity contribution is 5.92. The quantitative estimate of drug-likeness (QED) is 0.781. The second-order valence-corrected chi connectivity index (χ2v) is 4.26. The summed E-state index contributed by atoms with van der Waals surface area (Å²) in [5.41, 5.74) is 2.08. The number of benzene rings is 1. The van der Waals surface area contributed by atoms with E-state index in [0.717, 1.165) is 18.8 Å². The van der Waals surface area contributed by atoms with Gasteiger partial charge < -0.3 is 15.5 Å². The molecule has 0 aliphatic rings. The lowest BCUT2D eigenvalue weighted by molar-refractivity contribution is -0.115. The number of hydrogen-bond donors (Lipinski definition) is 2. The van der Waals surface area contributed by atoms with Crippen molar-refractivity contribution in [3.8, 4) is 0 Å². The Kier molecular flexibility index (Phi) is 5.66. The molecule has 1 aromatic carbocycles. The summed E-state index contributed by atoms with van der Waals surface area (Å²) in [6.07, 6.45) is 0. The van der Waals surface area contributed by atoms with Crippen LogP contribution in [-0.2, 0) is 11.3 Å². The molecule has 0 spiro atoms. The van der Waals surface area contributed by atoms with Crippen molar-refractivity contribution in [2.75, 3.05) is 32.5 Å². The molecule has 1 aromatic rings. The van der Waals surface area contributed by atoms with Crippen LogP contribution in [0.1, 0.15) is 12.5 Å². The summed E-state index contributed by atoms with van der Waals surface area (Å²) >= 11 is 0. The van der Waals surface area contributed by atoms with Crippen molar-refractivity contribution in [1.82, 2.24) is 10.2 Å². The highest BCUT2D eigenvalue weighted by Crippen LogP contribution is 2.10. The second kappa shape index (κ2) is 7.04. The Morgan fingerprint density at radius 2 is 1.88 bits per heavy atom. The number of hydrogen-bond acceptors (Lipinski definition) is 3. The molecule has 0 aliphatic heterocycles. The highest BCUT2D eigenvalue weighted by atomic mass is 16.1. The highest BCUT2D eigenvalue weighted by Gasteiger charge is 2.01. The fourth-order valence-corrected chi connectivity index (χ4v) is 1.50. The number of amides is 1. The molecule has 2 N–H and O–H groups in total. The van der Waals surface area contributed by atoms with Crippen molar-refractivity contribution in [2.45, 2.75) is 13.5 Å². The topological polar surface area (TPSA) is 44.4 Å². The van der Waals surface area contributed by atoms with Gasteiger partial charge in [0.25, 0.3) is 0 Å². The van der Waals surface area contributed by atoms with Crippen molar-refractivity contribution in [3.05, 3.63) is 29.8 Å². The first-order valence-corrected chi connectivity index (χ1v) is 5.86. The molecule has 4 nitrogen and oxygen atoms in total. The minimum Gasteiger partial charge on any atom is -0.325 e. The zero-order chi connectivity index (χ0) is 12.7. The van der Waals surface area contributed by atoms with E-state index < -0.39 is 0 Å². The average Bonchev–Trinajstić information content (AvgIpc) is 2.28. The Morgan fingerprint density at radius 1 is 1.24 bits per heavy atom. The van der Waals surface area contributed by atoms with Crippen LogP contribution in [0.4, 0.5) is 5.69 Å². The largest absolute Gasteiger partial charge is 0.325 e. The van der Waals surface area contributed by atoms with Crippen LogP contribution >= 0.6 is 0 Å². The van der Waals surface area contributed by atoms with Gasteiger partial charge in [-0.25, -0.2) is 0 Å². The minimum atomic E-state index is -0.00721. The number of carbonyl (C=O) groups excluding carboxylic acids is 1. The van der Waals surface area contributed by atoms with E-state index in [1.807, 2.05) is 45.3 Å². The maximum Gasteiger partial charge on any atom is 0.238 e. The number of nitrogens with zero attached hydrogens (tertiary/aromatic N) is 1. The third-order valence-electron chi connectivity index (χ3n) is 2.27. The summed E-state index contributed by atoms with van der Waals surface area (Å²) in [5.74, 6) is -0.00721. The molecule has 0 bridgehead atoms. The van der Waals surface area contributed by atoms with E-state index in [1.165, 1.54) is 5.56 Å². The molecular weight excluding hydrogens is 214 g/mol. The normalized spacial score (nSPS) is 10.6. The van der Waals surface area contributed by atoms with Gasteiger partial charge in [-0.05, 0) is 38.3 Å². The fourth-order valence-electron chi connectivity index (χ4n) is 1.50. The number of nitrogens with one attached hydrogen (secondary N) is 2. The van der Waals surface area contributed by atoms with E-state index >= 15 is 0 Å².